The average molecular weight is 249 g/mol. The number of rotatable bonds is 5. The minimum absolute atomic E-state index is 0.00659. The van der Waals surface area contributed by atoms with Crippen LogP contribution in [0, 0.1) is 10.1 Å². The summed E-state index contributed by atoms with van der Waals surface area (Å²) in [6, 6.07) is 5.94. The molecule has 96 valence electrons. The Labute approximate surface area is 105 Å². The van der Waals surface area contributed by atoms with Crippen molar-refractivity contribution in [3.63, 3.8) is 0 Å². The number of non-ortho nitro benzene ring substituents is 1. The molecule has 0 aromatic heterocycles. The zero-order valence-corrected chi connectivity index (χ0v) is 10.00. The Morgan fingerprint density at radius 1 is 1.61 bits per heavy atom. The van der Waals surface area contributed by atoms with Crippen molar-refractivity contribution in [1.29, 1.82) is 0 Å². The van der Waals surface area contributed by atoms with Gasteiger partial charge in [-0.3, -0.25) is 14.9 Å². The molecule has 0 bridgehead atoms. The van der Waals surface area contributed by atoms with Gasteiger partial charge in [0.05, 0.1) is 4.92 Å². The lowest BCUT2D eigenvalue weighted by atomic mass is 10.2. The Balaban J connectivity index is 2.69. The predicted octanol–water partition coefficient (Wildman–Crippen LogP) is 1.07. The van der Waals surface area contributed by atoms with Gasteiger partial charge in [0.2, 0.25) is 5.91 Å². The van der Waals surface area contributed by atoms with Gasteiger partial charge >= 0.3 is 0 Å². The van der Waals surface area contributed by atoms with E-state index in [1.807, 2.05) is 0 Å². The van der Waals surface area contributed by atoms with E-state index in [1.54, 1.807) is 19.1 Å². The molecule has 0 heterocycles. The zero-order valence-electron chi connectivity index (χ0n) is 10.00. The van der Waals surface area contributed by atoms with Crippen LogP contribution in [0.5, 0.6) is 0 Å². The molecule has 0 aliphatic heterocycles. The standard InChI is InChI=1S/C12H15N3O3/c1-9(8-13)14-12(16)6-5-10-3-2-4-11(7-10)15(17)18/h2-7,9H,8,13H2,1H3,(H,14,16). The Kier molecular flexibility index (Phi) is 5.01. The summed E-state index contributed by atoms with van der Waals surface area (Å²) < 4.78 is 0. The van der Waals surface area contributed by atoms with Crippen LogP contribution >= 0.6 is 0 Å². The molecular weight excluding hydrogens is 234 g/mol. The minimum atomic E-state index is -0.478. The van der Waals surface area contributed by atoms with Gasteiger partial charge in [0, 0.05) is 30.8 Å². The monoisotopic (exact) mass is 249 g/mol. The number of nitro groups is 1. The van der Waals surface area contributed by atoms with Crippen LogP contribution in [0.2, 0.25) is 0 Å². The molecule has 0 saturated carbocycles. The highest BCUT2D eigenvalue weighted by Crippen LogP contribution is 2.13. The van der Waals surface area contributed by atoms with Crippen LogP contribution in [0.25, 0.3) is 6.08 Å². The van der Waals surface area contributed by atoms with Crippen LogP contribution < -0.4 is 11.1 Å². The first kappa shape index (κ1) is 13.9. The molecule has 0 aliphatic carbocycles. The molecule has 1 atom stereocenters. The molecule has 0 fully saturated rings. The van der Waals surface area contributed by atoms with Gasteiger partial charge < -0.3 is 11.1 Å². The maximum atomic E-state index is 11.4. The number of carbonyl (C=O) groups excluding carboxylic acids is 1. The van der Waals surface area contributed by atoms with Gasteiger partial charge in [-0.2, -0.15) is 0 Å². The van der Waals surface area contributed by atoms with Crippen molar-refractivity contribution in [1.82, 2.24) is 5.32 Å². The van der Waals surface area contributed by atoms with Crippen molar-refractivity contribution in [2.45, 2.75) is 13.0 Å². The zero-order chi connectivity index (χ0) is 13.5. The fourth-order valence-corrected chi connectivity index (χ4v) is 1.26. The summed E-state index contributed by atoms with van der Waals surface area (Å²) >= 11 is 0. The molecule has 1 rings (SSSR count). The van der Waals surface area contributed by atoms with Crippen molar-refractivity contribution in [3.05, 3.63) is 46.0 Å². The summed E-state index contributed by atoms with van der Waals surface area (Å²) in [6.45, 7) is 2.15. The second-order valence-corrected chi connectivity index (χ2v) is 3.83. The third kappa shape index (κ3) is 4.34. The van der Waals surface area contributed by atoms with E-state index in [-0.39, 0.29) is 17.6 Å². The van der Waals surface area contributed by atoms with Gasteiger partial charge in [-0.1, -0.05) is 12.1 Å². The van der Waals surface area contributed by atoms with E-state index >= 15 is 0 Å². The second kappa shape index (κ2) is 6.51. The Bertz CT molecular complexity index is 471. The van der Waals surface area contributed by atoms with Gasteiger partial charge in [-0.05, 0) is 18.6 Å². The molecule has 6 nitrogen and oxygen atoms in total. The molecule has 0 saturated heterocycles. The van der Waals surface area contributed by atoms with E-state index in [1.165, 1.54) is 24.3 Å². The molecule has 0 radical (unpaired) electrons. The summed E-state index contributed by atoms with van der Waals surface area (Å²) in [6.07, 6.45) is 2.84. The number of nitro benzene ring substituents is 1. The molecule has 0 spiro atoms. The summed E-state index contributed by atoms with van der Waals surface area (Å²) in [5.41, 5.74) is 5.96. The SMILES string of the molecule is CC(CN)NC(=O)C=Cc1cccc([N+](=O)[O-])c1. The predicted molar refractivity (Wildman–Crippen MR) is 68.8 cm³/mol. The lowest BCUT2D eigenvalue weighted by molar-refractivity contribution is -0.384. The molecule has 18 heavy (non-hydrogen) atoms. The molecule has 0 aliphatic rings. The molecule has 6 heteroatoms. The molecule has 3 N–H and O–H groups in total. The molecule has 1 aromatic carbocycles. The van der Waals surface area contributed by atoms with Gasteiger partial charge in [0.1, 0.15) is 0 Å². The molecule has 1 amide bonds. The number of nitrogens with two attached hydrogens (primary N) is 1. The summed E-state index contributed by atoms with van der Waals surface area (Å²) in [5, 5.41) is 13.2. The highest BCUT2D eigenvalue weighted by molar-refractivity contribution is 5.91. The van der Waals surface area contributed by atoms with Crippen LogP contribution in [-0.2, 0) is 4.79 Å². The first-order valence-electron chi connectivity index (χ1n) is 5.46. The normalized spacial score (nSPS) is 12.3. The van der Waals surface area contributed by atoms with Crippen molar-refractivity contribution in [2.24, 2.45) is 5.73 Å². The summed E-state index contributed by atoms with van der Waals surface area (Å²) in [4.78, 5) is 21.5. The molecule has 1 unspecified atom stereocenters. The van der Waals surface area contributed by atoms with Gasteiger partial charge in [-0.15, -0.1) is 0 Å². The van der Waals surface area contributed by atoms with Crippen molar-refractivity contribution < 1.29 is 9.72 Å². The van der Waals surface area contributed by atoms with Crippen LogP contribution in [0.4, 0.5) is 5.69 Å². The van der Waals surface area contributed by atoms with Gasteiger partial charge in [0.15, 0.2) is 0 Å². The Morgan fingerprint density at radius 2 is 2.33 bits per heavy atom. The fourth-order valence-electron chi connectivity index (χ4n) is 1.26. The second-order valence-electron chi connectivity index (χ2n) is 3.83. The first-order chi connectivity index (χ1) is 8.52. The lowest BCUT2D eigenvalue weighted by Crippen LogP contribution is -2.36. The van der Waals surface area contributed by atoms with E-state index < -0.39 is 4.92 Å². The highest BCUT2D eigenvalue weighted by atomic mass is 16.6. The maximum absolute atomic E-state index is 11.4. The maximum Gasteiger partial charge on any atom is 0.270 e. The smallest absolute Gasteiger partial charge is 0.270 e. The highest BCUT2D eigenvalue weighted by Gasteiger charge is 2.04. The van der Waals surface area contributed by atoms with E-state index in [0.29, 0.717) is 12.1 Å². The van der Waals surface area contributed by atoms with Gasteiger partial charge in [-0.25, -0.2) is 0 Å². The first-order valence-corrected chi connectivity index (χ1v) is 5.46. The Hall–Kier alpha value is -2.21. The van der Waals surface area contributed by atoms with Crippen LogP contribution in [-0.4, -0.2) is 23.4 Å². The van der Waals surface area contributed by atoms with E-state index in [9.17, 15) is 14.9 Å². The third-order valence-electron chi connectivity index (χ3n) is 2.25. The van der Waals surface area contributed by atoms with E-state index in [0.717, 1.165) is 0 Å². The third-order valence-corrected chi connectivity index (χ3v) is 2.25. The van der Waals surface area contributed by atoms with Crippen molar-refractivity contribution in [2.75, 3.05) is 6.54 Å². The molecule has 1 aromatic rings. The average Bonchev–Trinajstić information content (AvgIpc) is 2.36. The number of nitrogens with one attached hydrogen (secondary N) is 1. The van der Waals surface area contributed by atoms with Gasteiger partial charge in [0.25, 0.3) is 5.69 Å². The van der Waals surface area contributed by atoms with Crippen molar-refractivity contribution >= 4 is 17.7 Å². The summed E-state index contributed by atoms with van der Waals surface area (Å²) in [5.74, 6) is -0.278. The largest absolute Gasteiger partial charge is 0.349 e. The van der Waals surface area contributed by atoms with Crippen LogP contribution in [0.3, 0.4) is 0 Å². The molecular formula is C12H15N3O3. The van der Waals surface area contributed by atoms with Crippen LogP contribution in [0.1, 0.15) is 12.5 Å². The number of hydrogen-bond donors (Lipinski definition) is 2. The van der Waals surface area contributed by atoms with E-state index in [4.69, 9.17) is 5.73 Å². The minimum Gasteiger partial charge on any atom is -0.349 e. The van der Waals surface area contributed by atoms with Crippen LogP contribution in [0.15, 0.2) is 30.3 Å². The quantitative estimate of drug-likeness (QED) is 0.463. The lowest BCUT2D eigenvalue weighted by Gasteiger charge is -2.08. The summed E-state index contributed by atoms with van der Waals surface area (Å²) in [7, 11) is 0. The van der Waals surface area contributed by atoms with E-state index in [2.05, 4.69) is 5.32 Å². The van der Waals surface area contributed by atoms with Crippen molar-refractivity contribution in [3.8, 4) is 0 Å². The number of nitrogens with zero attached hydrogens (tertiary/aromatic N) is 1. The number of amides is 1. The number of benzene rings is 1. The fraction of sp³-hybridized carbons (Fsp3) is 0.250. The number of carbonyl (C=O) groups is 1. The number of hydrogen-bond acceptors (Lipinski definition) is 4. The Morgan fingerprint density at radius 3 is 2.94 bits per heavy atom. The topological polar surface area (TPSA) is 98.3 Å².